The highest BCUT2D eigenvalue weighted by molar-refractivity contribution is 6.08. The number of hydrogen-bond acceptors (Lipinski definition) is 2. The molecule has 0 spiro atoms. The maximum absolute atomic E-state index is 11.0. The lowest BCUT2D eigenvalue weighted by Crippen LogP contribution is -2.35. The van der Waals surface area contributed by atoms with Crippen molar-refractivity contribution in [2.24, 2.45) is 0 Å². The molecule has 3 aromatic rings. The van der Waals surface area contributed by atoms with Crippen LogP contribution in [0.15, 0.2) is 54.6 Å². The fourth-order valence-electron chi connectivity index (χ4n) is 4.38. The minimum Gasteiger partial charge on any atom is -0.391 e. The quantitative estimate of drug-likeness (QED) is 0.278. The van der Waals surface area contributed by atoms with Gasteiger partial charge in [0.05, 0.1) is 6.10 Å². The molecule has 3 aromatic carbocycles. The summed E-state index contributed by atoms with van der Waals surface area (Å²) in [5.41, 5.74) is 1.26. The van der Waals surface area contributed by atoms with E-state index in [4.69, 9.17) is 0 Å². The molecule has 0 fully saturated rings. The summed E-state index contributed by atoms with van der Waals surface area (Å²) in [5.74, 6) is 0. The Morgan fingerprint density at radius 3 is 2.00 bits per heavy atom. The molecule has 1 atom stereocenters. The molecule has 0 radical (unpaired) electrons. The first kappa shape index (κ1) is 21.8. The molecule has 0 saturated carbocycles. The standard InChI is InChI=1S/C27H37NO/c1-3-5-11-17-28(18-12-6-4-2)21-24(29)20-23-19-22-13-7-8-14-25(22)27-16-10-9-15-26(23)27/h7-10,13-16,19,24,29H,3-6,11-12,17-18,20-21H2,1-2H3. The maximum Gasteiger partial charge on any atom is 0.0707 e. The van der Waals surface area contributed by atoms with Crippen LogP contribution in [0.5, 0.6) is 0 Å². The van der Waals surface area contributed by atoms with E-state index in [0.29, 0.717) is 6.42 Å². The number of aliphatic hydroxyl groups excluding tert-OH is 1. The first-order valence-corrected chi connectivity index (χ1v) is 11.5. The minimum absolute atomic E-state index is 0.331. The van der Waals surface area contributed by atoms with Crippen molar-refractivity contribution in [2.75, 3.05) is 19.6 Å². The summed E-state index contributed by atoms with van der Waals surface area (Å²) in [6.07, 6.45) is 7.88. The second kappa shape index (κ2) is 11.3. The Labute approximate surface area is 176 Å². The maximum atomic E-state index is 11.0. The van der Waals surface area contributed by atoms with Crippen LogP contribution in [0.2, 0.25) is 0 Å². The Balaban J connectivity index is 1.75. The average molecular weight is 392 g/mol. The Hall–Kier alpha value is -1.90. The number of benzene rings is 3. The molecule has 156 valence electrons. The van der Waals surface area contributed by atoms with Crippen molar-refractivity contribution in [3.63, 3.8) is 0 Å². The molecule has 0 aliphatic carbocycles. The Morgan fingerprint density at radius 2 is 1.34 bits per heavy atom. The van der Waals surface area contributed by atoms with Gasteiger partial charge in [-0.2, -0.15) is 0 Å². The normalized spacial score (nSPS) is 12.8. The summed E-state index contributed by atoms with van der Waals surface area (Å²) >= 11 is 0. The zero-order chi connectivity index (χ0) is 20.5. The highest BCUT2D eigenvalue weighted by Crippen LogP contribution is 2.29. The van der Waals surface area contributed by atoms with Crippen molar-refractivity contribution < 1.29 is 5.11 Å². The molecule has 3 rings (SSSR count). The van der Waals surface area contributed by atoms with Gasteiger partial charge in [0, 0.05) is 13.0 Å². The van der Waals surface area contributed by atoms with Crippen molar-refractivity contribution in [1.82, 2.24) is 4.90 Å². The summed E-state index contributed by atoms with van der Waals surface area (Å²) in [4.78, 5) is 2.49. The van der Waals surface area contributed by atoms with Crippen molar-refractivity contribution in [3.05, 3.63) is 60.2 Å². The Bertz CT molecular complexity index is 878. The third-order valence-electron chi connectivity index (χ3n) is 5.93. The lowest BCUT2D eigenvalue weighted by molar-refractivity contribution is 0.110. The van der Waals surface area contributed by atoms with Gasteiger partial charge in [0.15, 0.2) is 0 Å². The molecule has 0 heterocycles. The minimum atomic E-state index is -0.331. The number of rotatable bonds is 12. The highest BCUT2D eigenvalue weighted by Gasteiger charge is 2.15. The summed E-state index contributed by atoms with van der Waals surface area (Å²) < 4.78 is 0. The fraction of sp³-hybridized carbons (Fsp3) is 0.481. The molecular formula is C27H37NO. The third kappa shape index (κ3) is 6.04. The molecule has 29 heavy (non-hydrogen) atoms. The summed E-state index contributed by atoms with van der Waals surface area (Å²) in [6.45, 7) is 7.48. The van der Waals surface area contributed by atoms with Crippen LogP contribution in [0.25, 0.3) is 21.5 Å². The van der Waals surface area contributed by atoms with Crippen LogP contribution in [0, 0.1) is 0 Å². The van der Waals surface area contributed by atoms with E-state index in [1.54, 1.807) is 0 Å². The van der Waals surface area contributed by atoms with Crippen LogP contribution in [-0.2, 0) is 6.42 Å². The molecule has 0 aromatic heterocycles. The van der Waals surface area contributed by atoms with Crippen molar-refractivity contribution >= 4 is 21.5 Å². The van der Waals surface area contributed by atoms with Crippen LogP contribution >= 0.6 is 0 Å². The van der Waals surface area contributed by atoms with Gasteiger partial charge in [-0.3, -0.25) is 0 Å². The van der Waals surface area contributed by atoms with Crippen LogP contribution in [0.4, 0.5) is 0 Å². The molecule has 2 heteroatoms. The van der Waals surface area contributed by atoms with E-state index < -0.39 is 0 Å². The van der Waals surface area contributed by atoms with Gasteiger partial charge in [-0.15, -0.1) is 0 Å². The Morgan fingerprint density at radius 1 is 0.759 bits per heavy atom. The SMILES string of the molecule is CCCCCN(CCCCC)CC(O)Cc1cc2ccccc2c2ccccc12. The largest absolute Gasteiger partial charge is 0.391 e. The van der Waals surface area contributed by atoms with Gasteiger partial charge in [0.25, 0.3) is 0 Å². The lowest BCUT2D eigenvalue weighted by atomic mass is 9.94. The topological polar surface area (TPSA) is 23.5 Å². The Kier molecular flexibility index (Phi) is 8.52. The van der Waals surface area contributed by atoms with E-state index in [9.17, 15) is 5.11 Å². The zero-order valence-corrected chi connectivity index (χ0v) is 18.2. The monoisotopic (exact) mass is 391 g/mol. The highest BCUT2D eigenvalue weighted by atomic mass is 16.3. The second-order valence-corrected chi connectivity index (χ2v) is 8.38. The number of nitrogens with zero attached hydrogens (tertiary/aromatic N) is 1. The summed E-state index contributed by atoms with van der Waals surface area (Å²) in [7, 11) is 0. The predicted molar refractivity (Wildman–Crippen MR) is 127 cm³/mol. The smallest absolute Gasteiger partial charge is 0.0707 e. The lowest BCUT2D eigenvalue weighted by Gasteiger charge is -2.25. The summed E-state index contributed by atoms with van der Waals surface area (Å²) in [5, 5.41) is 16.1. The van der Waals surface area contributed by atoms with E-state index in [1.807, 2.05) is 0 Å². The number of fused-ring (bicyclic) bond motifs is 3. The van der Waals surface area contributed by atoms with Crippen molar-refractivity contribution in [1.29, 1.82) is 0 Å². The van der Waals surface area contributed by atoms with Gasteiger partial charge in [-0.25, -0.2) is 0 Å². The number of aliphatic hydroxyl groups is 1. The molecule has 2 nitrogen and oxygen atoms in total. The van der Waals surface area contributed by atoms with E-state index >= 15 is 0 Å². The fourth-order valence-corrected chi connectivity index (χ4v) is 4.38. The molecule has 1 unspecified atom stereocenters. The van der Waals surface area contributed by atoms with Crippen LogP contribution < -0.4 is 0 Å². The van der Waals surface area contributed by atoms with Gasteiger partial charge < -0.3 is 10.0 Å². The molecule has 0 aliphatic heterocycles. The first-order chi connectivity index (χ1) is 14.2. The third-order valence-corrected chi connectivity index (χ3v) is 5.93. The number of unbranched alkanes of at least 4 members (excludes halogenated alkanes) is 4. The average Bonchev–Trinajstić information content (AvgIpc) is 2.74. The van der Waals surface area contributed by atoms with Gasteiger partial charge in [0.1, 0.15) is 0 Å². The van der Waals surface area contributed by atoms with E-state index in [0.717, 1.165) is 19.6 Å². The van der Waals surface area contributed by atoms with E-state index in [2.05, 4.69) is 73.3 Å². The molecule has 0 bridgehead atoms. The second-order valence-electron chi connectivity index (χ2n) is 8.38. The van der Waals surface area contributed by atoms with Gasteiger partial charge >= 0.3 is 0 Å². The molecule has 1 N–H and O–H groups in total. The summed E-state index contributed by atoms with van der Waals surface area (Å²) in [6, 6.07) is 19.5. The molecule has 0 saturated heterocycles. The van der Waals surface area contributed by atoms with Crippen LogP contribution in [0.3, 0.4) is 0 Å². The van der Waals surface area contributed by atoms with Gasteiger partial charge in [-0.1, -0.05) is 94.1 Å². The van der Waals surface area contributed by atoms with Crippen molar-refractivity contribution in [2.45, 2.75) is 64.9 Å². The van der Waals surface area contributed by atoms with E-state index in [-0.39, 0.29) is 6.10 Å². The number of hydrogen-bond donors (Lipinski definition) is 1. The van der Waals surface area contributed by atoms with Gasteiger partial charge in [-0.05, 0) is 53.0 Å². The van der Waals surface area contributed by atoms with E-state index in [1.165, 1.54) is 65.6 Å². The zero-order valence-electron chi connectivity index (χ0n) is 18.2. The van der Waals surface area contributed by atoms with Crippen LogP contribution in [-0.4, -0.2) is 35.7 Å². The molecule has 0 aliphatic rings. The van der Waals surface area contributed by atoms with Gasteiger partial charge in [0.2, 0.25) is 0 Å². The predicted octanol–water partition coefficient (Wildman–Crippen LogP) is 6.58. The molecule has 0 amide bonds. The molecular weight excluding hydrogens is 354 g/mol. The van der Waals surface area contributed by atoms with Crippen LogP contribution in [0.1, 0.15) is 57.9 Å². The van der Waals surface area contributed by atoms with Crippen molar-refractivity contribution in [3.8, 4) is 0 Å². The first-order valence-electron chi connectivity index (χ1n) is 11.5.